The molecule has 0 saturated carbocycles. The van der Waals surface area contributed by atoms with Crippen molar-refractivity contribution in [3.63, 3.8) is 0 Å². The van der Waals surface area contributed by atoms with E-state index in [0.717, 1.165) is 11.1 Å². The van der Waals surface area contributed by atoms with Crippen LogP contribution in [0.25, 0.3) is 5.52 Å². The molecule has 0 bridgehead atoms. The van der Waals surface area contributed by atoms with Crippen molar-refractivity contribution in [1.82, 2.24) is 19.9 Å². The Balaban J connectivity index is 1.67. The van der Waals surface area contributed by atoms with Crippen molar-refractivity contribution in [3.05, 3.63) is 93.4 Å². The third kappa shape index (κ3) is 4.00. The van der Waals surface area contributed by atoms with Crippen molar-refractivity contribution in [2.75, 3.05) is 5.32 Å². The molecular weight excluding hydrogens is 408 g/mol. The topological polar surface area (TPSA) is 114 Å². The molecule has 9 nitrogen and oxygen atoms in total. The van der Waals surface area contributed by atoms with Crippen molar-refractivity contribution in [3.8, 4) is 0 Å². The van der Waals surface area contributed by atoms with Crippen LogP contribution < -0.4 is 10.6 Å². The molecule has 2 aromatic heterocycles. The van der Waals surface area contributed by atoms with Gasteiger partial charge in [-0.15, -0.1) is 0 Å². The number of amides is 1. The first-order valence-electron chi connectivity index (χ1n) is 10.1. The second-order valence-corrected chi connectivity index (χ2v) is 7.56. The molecule has 9 heteroatoms. The van der Waals surface area contributed by atoms with Gasteiger partial charge in [0.2, 0.25) is 0 Å². The van der Waals surface area contributed by atoms with Crippen LogP contribution in [-0.2, 0) is 0 Å². The van der Waals surface area contributed by atoms with Gasteiger partial charge in [-0.05, 0) is 37.5 Å². The second kappa shape index (κ2) is 8.46. The van der Waals surface area contributed by atoms with E-state index < -0.39 is 4.92 Å². The molecule has 0 spiro atoms. The van der Waals surface area contributed by atoms with Crippen LogP contribution in [0.2, 0.25) is 0 Å². The number of nitrogens with zero attached hydrogens (tertiary/aromatic N) is 4. The zero-order chi connectivity index (χ0) is 22.8. The van der Waals surface area contributed by atoms with Gasteiger partial charge in [-0.1, -0.05) is 36.4 Å². The fraction of sp³-hybridized carbons (Fsp3) is 0.174. The highest BCUT2D eigenvalue weighted by Crippen LogP contribution is 2.29. The molecule has 1 atom stereocenters. The van der Waals surface area contributed by atoms with E-state index >= 15 is 0 Å². The minimum absolute atomic E-state index is 0.0229. The highest BCUT2D eigenvalue weighted by atomic mass is 16.6. The Bertz CT molecular complexity index is 1320. The molecule has 0 unspecified atom stereocenters. The van der Waals surface area contributed by atoms with E-state index in [9.17, 15) is 14.9 Å². The Morgan fingerprint density at radius 2 is 1.91 bits per heavy atom. The minimum Gasteiger partial charge on any atom is -0.345 e. The fourth-order valence-corrected chi connectivity index (χ4v) is 3.57. The molecule has 2 heterocycles. The summed E-state index contributed by atoms with van der Waals surface area (Å²) in [6, 6.07) is 14.1. The number of anilines is 2. The van der Waals surface area contributed by atoms with Crippen LogP contribution in [0.4, 0.5) is 17.2 Å². The van der Waals surface area contributed by atoms with Gasteiger partial charge in [0, 0.05) is 24.0 Å². The number of nitro groups is 1. The van der Waals surface area contributed by atoms with Gasteiger partial charge in [0.05, 0.1) is 16.5 Å². The molecular formula is C23H22N6O3. The lowest BCUT2D eigenvalue weighted by atomic mass is 10.1. The summed E-state index contributed by atoms with van der Waals surface area (Å²) in [5, 5.41) is 21.6. The van der Waals surface area contributed by atoms with Gasteiger partial charge >= 0.3 is 0 Å². The van der Waals surface area contributed by atoms with Gasteiger partial charge in [0.25, 0.3) is 11.6 Å². The Kier molecular flexibility index (Phi) is 5.55. The van der Waals surface area contributed by atoms with Gasteiger partial charge in [0.15, 0.2) is 5.82 Å². The highest BCUT2D eigenvalue weighted by Gasteiger charge is 2.20. The van der Waals surface area contributed by atoms with Crippen LogP contribution in [0, 0.1) is 24.0 Å². The summed E-state index contributed by atoms with van der Waals surface area (Å²) < 4.78 is 1.58. The number of benzene rings is 2. The van der Waals surface area contributed by atoms with Crippen LogP contribution in [0.15, 0.2) is 61.1 Å². The quantitative estimate of drug-likeness (QED) is 0.344. The lowest BCUT2D eigenvalue weighted by Gasteiger charge is -2.14. The van der Waals surface area contributed by atoms with Crippen LogP contribution in [-0.4, -0.2) is 25.4 Å². The van der Waals surface area contributed by atoms with E-state index in [1.165, 1.54) is 18.5 Å². The Morgan fingerprint density at radius 1 is 1.16 bits per heavy atom. The number of fused-ring (bicyclic) bond motifs is 1. The van der Waals surface area contributed by atoms with Gasteiger partial charge in [0.1, 0.15) is 11.8 Å². The Labute approximate surface area is 184 Å². The summed E-state index contributed by atoms with van der Waals surface area (Å²) >= 11 is 0. The maximum atomic E-state index is 13.0. The normalized spacial score (nSPS) is 11.8. The lowest BCUT2D eigenvalue weighted by molar-refractivity contribution is -0.384. The lowest BCUT2D eigenvalue weighted by Crippen LogP contribution is -2.26. The van der Waals surface area contributed by atoms with E-state index in [-0.39, 0.29) is 17.6 Å². The molecule has 1 amide bonds. The van der Waals surface area contributed by atoms with Gasteiger partial charge in [-0.2, -0.15) is 5.10 Å². The van der Waals surface area contributed by atoms with E-state index in [1.807, 2.05) is 51.1 Å². The standard InChI is InChI=1S/C23H22N6O3/c1-14-9-10-18(29(31)32)11-20(14)27-22-21-15(2)19(12-28(21)25-13-24-22)23(30)26-16(3)17-7-5-4-6-8-17/h4-13,16H,1-3H3,(H,26,30)(H,24,25,27)/t16-/m0/s1. The summed E-state index contributed by atoms with van der Waals surface area (Å²) in [7, 11) is 0. The maximum absolute atomic E-state index is 13.0. The van der Waals surface area contributed by atoms with Gasteiger partial charge < -0.3 is 10.6 Å². The van der Waals surface area contributed by atoms with Crippen LogP contribution >= 0.6 is 0 Å². The molecule has 4 aromatic rings. The molecule has 0 radical (unpaired) electrons. The molecule has 0 saturated heterocycles. The number of aryl methyl sites for hydroxylation is 2. The Hall–Kier alpha value is -4.27. The maximum Gasteiger partial charge on any atom is 0.271 e. The first-order valence-corrected chi connectivity index (χ1v) is 10.1. The summed E-state index contributed by atoms with van der Waals surface area (Å²) in [6.07, 6.45) is 3.03. The molecule has 162 valence electrons. The van der Waals surface area contributed by atoms with Gasteiger partial charge in [-0.3, -0.25) is 14.9 Å². The molecule has 0 aliphatic heterocycles. The highest BCUT2D eigenvalue weighted by molar-refractivity contribution is 5.99. The zero-order valence-corrected chi connectivity index (χ0v) is 17.9. The first kappa shape index (κ1) is 21.0. The van der Waals surface area contributed by atoms with E-state index in [4.69, 9.17) is 0 Å². The zero-order valence-electron chi connectivity index (χ0n) is 17.9. The summed E-state index contributed by atoms with van der Waals surface area (Å²) in [6.45, 7) is 5.60. The fourth-order valence-electron chi connectivity index (χ4n) is 3.57. The van der Waals surface area contributed by atoms with Crippen molar-refractivity contribution in [2.24, 2.45) is 0 Å². The van der Waals surface area contributed by atoms with E-state index in [0.29, 0.717) is 28.1 Å². The SMILES string of the molecule is Cc1ccc([N+](=O)[O-])cc1Nc1ncnn2cc(C(=O)N[C@@H](C)c3ccccc3)c(C)c12. The monoisotopic (exact) mass is 430 g/mol. The number of carbonyl (C=O) groups is 1. The number of aromatic nitrogens is 3. The molecule has 2 N–H and O–H groups in total. The van der Waals surface area contributed by atoms with Crippen molar-refractivity contribution >= 4 is 28.6 Å². The third-order valence-corrected chi connectivity index (χ3v) is 5.40. The number of hydrogen-bond donors (Lipinski definition) is 2. The van der Waals surface area contributed by atoms with Crippen molar-refractivity contribution < 1.29 is 9.72 Å². The predicted octanol–water partition coefficient (Wildman–Crippen LogP) is 4.49. The summed E-state index contributed by atoms with van der Waals surface area (Å²) in [4.78, 5) is 28.0. The average molecular weight is 430 g/mol. The molecule has 2 aromatic carbocycles. The summed E-state index contributed by atoms with van der Waals surface area (Å²) in [5.41, 5.74) is 4.17. The number of carbonyl (C=O) groups excluding carboxylic acids is 1. The molecule has 0 aliphatic carbocycles. The smallest absolute Gasteiger partial charge is 0.271 e. The van der Waals surface area contributed by atoms with E-state index in [2.05, 4.69) is 20.7 Å². The average Bonchev–Trinajstić information content (AvgIpc) is 3.13. The van der Waals surface area contributed by atoms with E-state index in [1.54, 1.807) is 16.8 Å². The second-order valence-electron chi connectivity index (χ2n) is 7.56. The van der Waals surface area contributed by atoms with Crippen molar-refractivity contribution in [1.29, 1.82) is 0 Å². The number of rotatable bonds is 6. The van der Waals surface area contributed by atoms with Gasteiger partial charge in [-0.25, -0.2) is 9.50 Å². The van der Waals surface area contributed by atoms with Crippen LogP contribution in [0.3, 0.4) is 0 Å². The predicted molar refractivity (Wildman–Crippen MR) is 121 cm³/mol. The summed E-state index contributed by atoms with van der Waals surface area (Å²) in [5.74, 6) is 0.234. The number of hydrogen-bond acceptors (Lipinski definition) is 6. The largest absolute Gasteiger partial charge is 0.345 e. The molecule has 4 rings (SSSR count). The minimum atomic E-state index is -0.445. The molecule has 32 heavy (non-hydrogen) atoms. The molecule has 0 fully saturated rings. The van der Waals surface area contributed by atoms with Crippen LogP contribution in [0.5, 0.6) is 0 Å². The first-order chi connectivity index (χ1) is 15.3. The number of nitrogens with one attached hydrogen (secondary N) is 2. The molecule has 0 aliphatic rings. The number of nitro benzene ring substituents is 1. The third-order valence-electron chi connectivity index (χ3n) is 5.40. The Morgan fingerprint density at radius 3 is 2.62 bits per heavy atom. The number of non-ortho nitro benzene ring substituents is 1. The van der Waals surface area contributed by atoms with Crippen molar-refractivity contribution in [2.45, 2.75) is 26.8 Å². The van der Waals surface area contributed by atoms with Crippen LogP contribution in [0.1, 0.15) is 40.0 Å².